The van der Waals surface area contributed by atoms with E-state index in [1.165, 1.54) is 30.1 Å². The third kappa shape index (κ3) is 4.21. The lowest BCUT2D eigenvalue weighted by Gasteiger charge is -2.32. The molecule has 0 aromatic carbocycles. The molecule has 0 saturated heterocycles. The number of pyridine rings is 1. The Labute approximate surface area is 200 Å². The number of sulfone groups is 1. The van der Waals surface area contributed by atoms with Crippen molar-refractivity contribution in [3.8, 4) is 0 Å². The summed E-state index contributed by atoms with van der Waals surface area (Å²) in [5.74, 6) is 0.348. The van der Waals surface area contributed by atoms with Crippen molar-refractivity contribution in [2.45, 2.75) is 44.6 Å². The number of nitrogens with one attached hydrogen (secondary N) is 2. The summed E-state index contributed by atoms with van der Waals surface area (Å²) in [6, 6.07) is 1.48. The molecule has 1 aromatic rings. The van der Waals surface area contributed by atoms with Crippen molar-refractivity contribution in [3.63, 3.8) is 0 Å². The molecule has 0 spiro atoms. The zero-order valence-electron chi connectivity index (χ0n) is 19.8. The summed E-state index contributed by atoms with van der Waals surface area (Å²) in [5.41, 5.74) is 3.89. The summed E-state index contributed by atoms with van der Waals surface area (Å²) < 4.78 is 26.0. The van der Waals surface area contributed by atoms with Crippen LogP contribution in [0.3, 0.4) is 0 Å². The van der Waals surface area contributed by atoms with Crippen LogP contribution < -0.4 is 16.2 Å². The highest BCUT2D eigenvalue weighted by Gasteiger charge is 2.40. The number of hydrogen-bond acceptors (Lipinski definition) is 5. The molecule has 0 radical (unpaired) electrons. The Hall–Kier alpha value is -2.81. The van der Waals surface area contributed by atoms with Gasteiger partial charge < -0.3 is 15.2 Å². The lowest BCUT2D eigenvalue weighted by molar-refractivity contribution is 0.202. The minimum atomic E-state index is -3.34. The van der Waals surface area contributed by atoms with Crippen LogP contribution in [0.1, 0.15) is 49.7 Å². The minimum absolute atomic E-state index is 0.135. The van der Waals surface area contributed by atoms with E-state index in [-0.39, 0.29) is 23.4 Å². The van der Waals surface area contributed by atoms with Gasteiger partial charge in [-0.15, -0.1) is 0 Å². The van der Waals surface area contributed by atoms with Crippen molar-refractivity contribution in [1.29, 1.82) is 0 Å². The molecular formula is C25H32N4O4S. The van der Waals surface area contributed by atoms with E-state index in [1.54, 1.807) is 18.1 Å². The van der Waals surface area contributed by atoms with Gasteiger partial charge in [-0.25, -0.2) is 13.2 Å². The van der Waals surface area contributed by atoms with Crippen molar-refractivity contribution in [2.75, 3.05) is 25.1 Å². The molecule has 2 N–H and O–H groups in total. The number of rotatable bonds is 4. The summed E-state index contributed by atoms with van der Waals surface area (Å²) in [5, 5.41) is 6.53. The second kappa shape index (κ2) is 8.76. The van der Waals surface area contributed by atoms with Crippen molar-refractivity contribution < 1.29 is 13.2 Å². The molecule has 2 amide bonds. The molecule has 1 fully saturated rings. The molecule has 0 bridgehead atoms. The molecule has 1 aromatic heterocycles. The summed E-state index contributed by atoms with van der Waals surface area (Å²) in [7, 11) is -1.65. The van der Waals surface area contributed by atoms with Gasteiger partial charge in [0.25, 0.3) is 5.56 Å². The van der Waals surface area contributed by atoms with Gasteiger partial charge in [-0.2, -0.15) is 0 Å². The smallest absolute Gasteiger partial charge is 0.322 e. The molecule has 1 atom stereocenters. The molecule has 34 heavy (non-hydrogen) atoms. The number of carbonyl (C=O) groups excluding carboxylic acids is 1. The lowest BCUT2D eigenvalue weighted by atomic mass is 9.89. The summed E-state index contributed by atoms with van der Waals surface area (Å²) in [6.07, 6.45) is 13.3. The molecule has 2 aliphatic heterocycles. The Morgan fingerprint density at radius 1 is 1.21 bits per heavy atom. The molecular weight excluding hydrogens is 452 g/mol. The highest BCUT2D eigenvalue weighted by molar-refractivity contribution is 7.91. The van der Waals surface area contributed by atoms with Crippen molar-refractivity contribution in [3.05, 3.63) is 57.2 Å². The number of hydrogen-bond donors (Lipinski definition) is 2. The fourth-order valence-corrected chi connectivity index (χ4v) is 6.53. The van der Waals surface area contributed by atoms with Crippen LogP contribution in [-0.2, 0) is 16.9 Å². The predicted octanol–water partition coefficient (Wildman–Crippen LogP) is 2.39. The standard InChI is InChI=1S/C25H32N4O4S/c1-28-11-9-19-18(15-34(2,32)33)12-17-14-29(25(31)27-13-16-6-4-3-5-7-16)20-8-10-26-23(21(17)20)22(19)24(28)30/h9,11-12,14,16,20,26H,3-8,10,13,15H2,1-2H3,(H,27,31). The van der Waals surface area contributed by atoms with E-state index >= 15 is 0 Å². The van der Waals surface area contributed by atoms with Crippen LogP contribution in [0.25, 0.3) is 11.3 Å². The fourth-order valence-electron chi connectivity index (χ4n) is 5.72. The number of amides is 2. The van der Waals surface area contributed by atoms with Gasteiger partial charge in [0.05, 0.1) is 23.1 Å². The van der Waals surface area contributed by atoms with Gasteiger partial charge in [0.2, 0.25) is 0 Å². The van der Waals surface area contributed by atoms with Crippen molar-refractivity contribution >= 4 is 27.1 Å². The second-order valence-corrected chi connectivity index (χ2v) is 12.1. The van der Waals surface area contributed by atoms with Gasteiger partial charge in [-0.1, -0.05) is 19.3 Å². The van der Waals surface area contributed by atoms with Crippen molar-refractivity contribution in [2.24, 2.45) is 13.0 Å². The number of allylic oxidation sites excluding steroid dienone is 1. The zero-order valence-corrected chi connectivity index (χ0v) is 20.6. The van der Waals surface area contributed by atoms with Gasteiger partial charge in [0.1, 0.15) is 0 Å². The van der Waals surface area contributed by atoms with E-state index in [4.69, 9.17) is 0 Å². The molecule has 2 aliphatic carbocycles. The van der Waals surface area contributed by atoms with Crippen molar-refractivity contribution in [1.82, 2.24) is 20.1 Å². The van der Waals surface area contributed by atoms with Crippen LogP contribution in [0.15, 0.2) is 40.5 Å². The normalized spacial score (nSPS) is 22.3. The van der Waals surface area contributed by atoms with Gasteiger partial charge in [0.15, 0.2) is 9.84 Å². The molecule has 8 nitrogen and oxygen atoms in total. The first-order valence-electron chi connectivity index (χ1n) is 12.1. The number of fused-ring (bicyclic) bond motifs is 2. The molecule has 1 saturated carbocycles. The van der Waals surface area contributed by atoms with Crippen LogP contribution in [-0.4, -0.2) is 55.1 Å². The molecule has 182 valence electrons. The Morgan fingerprint density at radius 3 is 2.71 bits per heavy atom. The molecule has 1 unspecified atom stereocenters. The van der Waals surface area contributed by atoms with Gasteiger partial charge >= 0.3 is 6.03 Å². The number of aryl methyl sites for hydroxylation is 1. The number of urea groups is 1. The number of nitrogens with zero attached hydrogens (tertiary/aromatic N) is 2. The van der Waals surface area contributed by atoms with E-state index in [1.807, 2.05) is 18.3 Å². The topological polar surface area (TPSA) is 101 Å². The van der Waals surface area contributed by atoms with Crippen LogP contribution in [0.2, 0.25) is 0 Å². The zero-order chi connectivity index (χ0) is 24.0. The maximum atomic E-state index is 13.3. The van der Waals surface area contributed by atoms with Crippen LogP contribution >= 0.6 is 0 Å². The van der Waals surface area contributed by atoms with Gasteiger partial charge in [-0.05, 0) is 54.0 Å². The Morgan fingerprint density at radius 2 is 1.97 bits per heavy atom. The fraction of sp³-hybridized carbons (Fsp3) is 0.520. The molecule has 9 heteroatoms. The Bertz CT molecular complexity index is 1280. The van der Waals surface area contributed by atoms with E-state index < -0.39 is 9.84 Å². The third-order valence-corrected chi connectivity index (χ3v) is 8.20. The third-order valence-electron chi connectivity index (χ3n) is 7.36. The summed E-state index contributed by atoms with van der Waals surface area (Å²) in [6.45, 7) is 1.30. The molecule has 4 aliphatic rings. The van der Waals surface area contributed by atoms with Crippen LogP contribution in [0.4, 0.5) is 4.79 Å². The van der Waals surface area contributed by atoms with Gasteiger partial charge in [0, 0.05) is 44.4 Å². The highest BCUT2D eigenvalue weighted by Crippen LogP contribution is 2.42. The average molecular weight is 485 g/mol. The molecule has 3 heterocycles. The van der Waals surface area contributed by atoms with E-state index in [9.17, 15) is 18.0 Å². The first kappa shape index (κ1) is 23.0. The average Bonchev–Trinajstić information content (AvgIpc) is 3.11. The maximum Gasteiger partial charge on any atom is 0.322 e. The van der Waals surface area contributed by atoms with Crippen LogP contribution in [0, 0.1) is 5.92 Å². The number of carbonyl (C=O) groups is 1. The monoisotopic (exact) mass is 484 g/mol. The lowest BCUT2D eigenvalue weighted by Crippen LogP contribution is -2.46. The van der Waals surface area contributed by atoms with E-state index in [0.29, 0.717) is 47.8 Å². The first-order chi connectivity index (χ1) is 16.2. The SMILES string of the molecule is Cn1ccc2c(c1=O)C1=C3C(=CN(C(=O)NCC4CCCCC4)C3CCN1)C=C2CS(C)(=O)=O. The largest absolute Gasteiger partial charge is 0.384 e. The number of aromatic nitrogens is 1. The highest BCUT2D eigenvalue weighted by atomic mass is 32.2. The first-order valence-corrected chi connectivity index (χ1v) is 14.1. The maximum absolute atomic E-state index is 13.3. The Balaban J connectivity index is 1.55. The summed E-state index contributed by atoms with van der Waals surface area (Å²) >= 11 is 0. The van der Waals surface area contributed by atoms with Gasteiger partial charge in [-0.3, -0.25) is 9.69 Å². The molecule has 5 rings (SSSR count). The minimum Gasteiger partial charge on any atom is -0.384 e. The second-order valence-electron chi connectivity index (χ2n) is 9.96. The predicted molar refractivity (Wildman–Crippen MR) is 133 cm³/mol. The summed E-state index contributed by atoms with van der Waals surface area (Å²) in [4.78, 5) is 28.2. The van der Waals surface area contributed by atoms with E-state index in [0.717, 1.165) is 24.0 Å². The Kier molecular flexibility index (Phi) is 5.91. The quantitative estimate of drug-likeness (QED) is 0.684. The van der Waals surface area contributed by atoms with E-state index in [2.05, 4.69) is 10.6 Å². The van der Waals surface area contributed by atoms with Crippen LogP contribution in [0.5, 0.6) is 0 Å².